The second-order valence-electron chi connectivity index (χ2n) is 6.77. The molecule has 2 N–H and O–H groups in total. The van der Waals surface area contributed by atoms with Crippen molar-refractivity contribution in [2.75, 3.05) is 5.32 Å². The van der Waals surface area contributed by atoms with Gasteiger partial charge >= 0.3 is 0 Å². The minimum absolute atomic E-state index is 0.233. The first kappa shape index (κ1) is 17.1. The minimum atomic E-state index is -0.373. The van der Waals surface area contributed by atoms with Crippen LogP contribution in [0, 0.1) is 5.82 Å². The molecule has 5 rings (SSSR count). The van der Waals surface area contributed by atoms with Crippen molar-refractivity contribution >= 4 is 22.7 Å². The van der Waals surface area contributed by atoms with E-state index in [1.807, 2.05) is 54.6 Å². The van der Waals surface area contributed by atoms with Crippen molar-refractivity contribution < 1.29 is 9.18 Å². The SMILES string of the molecule is O=C1Nc2ccccc2C1=C(c1cccc(F)c1)c1ncc(-c2ccccc2)[nH]1. The molecule has 1 amide bonds. The number of carbonyl (C=O) groups is 1. The van der Waals surface area contributed by atoms with E-state index in [9.17, 15) is 9.18 Å². The van der Waals surface area contributed by atoms with Gasteiger partial charge in [0.25, 0.3) is 5.91 Å². The molecule has 0 saturated carbocycles. The van der Waals surface area contributed by atoms with E-state index in [0.717, 1.165) is 22.5 Å². The molecule has 140 valence electrons. The zero-order valence-corrected chi connectivity index (χ0v) is 15.3. The Bertz CT molecular complexity index is 1260. The molecule has 1 aliphatic heterocycles. The number of benzene rings is 3. The summed E-state index contributed by atoms with van der Waals surface area (Å²) in [6.07, 6.45) is 1.73. The predicted molar refractivity (Wildman–Crippen MR) is 111 cm³/mol. The number of hydrogen-bond donors (Lipinski definition) is 2. The van der Waals surface area contributed by atoms with Crippen LogP contribution in [0.1, 0.15) is 17.0 Å². The normalized spacial score (nSPS) is 14.4. The number of aromatic nitrogens is 2. The van der Waals surface area contributed by atoms with E-state index in [0.29, 0.717) is 22.5 Å². The number of hydrogen-bond acceptors (Lipinski definition) is 2. The largest absolute Gasteiger partial charge is 0.338 e. The molecule has 0 aliphatic carbocycles. The molecular weight excluding hydrogens is 365 g/mol. The number of nitrogens with zero attached hydrogens (tertiary/aromatic N) is 1. The fraction of sp³-hybridized carbons (Fsp3) is 0. The first-order chi connectivity index (χ1) is 14.2. The molecule has 0 saturated heterocycles. The van der Waals surface area contributed by atoms with Crippen molar-refractivity contribution in [1.82, 2.24) is 9.97 Å². The molecule has 1 aromatic heterocycles. The number of para-hydroxylation sites is 1. The van der Waals surface area contributed by atoms with Crippen LogP contribution in [0.15, 0.2) is 85.1 Å². The monoisotopic (exact) mass is 381 g/mol. The summed E-state index contributed by atoms with van der Waals surface area (Å²) in [4.78, 5) is 20.7. The summed E-state index contributed by atoms with van der Waals surface area (Å²) in [6.45, 7) is 0. The lowest BCUT2D eigenvalue weighted by Crippen LogP contribution is -2.07. The van der Waals surface area contributed by atoms with Crippen LogP contribution < -0.4 is 5.32 Å². The molecule has 1 aliphatic rings. The second-order valence-corrected chi connectivity index (χ2v) is 6.77. The molecule has 0 spiro atoms. The Labute approximate surface area is 166 Å². The fourth-order valence-corrected chi connectivity index (χ4v) is 3.62. The molecule has 0 unspecified atom stereocenters. The van der Waals surface area contributed by atoms with Crippen molar-refractivity contribution in [2.24, 2.45) is 0 Å². The van der Waals surface area contributed by atoms with E-state index in [4.69, 9.17) is 0 Å². The Morgan fingerprint density at radius 2 is 1.69 bits per heavy atom. The smallest absolute Gasteiger partial charge is 0.257 e. The maximum absolute atomic E-state index is 14.0. The van der Waals surface area contributed by atoms with Crippen LogP contribution in [0.2, 0.25) is 0 Å². The zero-order chi connectivity index (χ0) is 19.8. The average molecular weight is 381 g/mol. The maximum atomic E-state index is 14.0. The van der Waals surface area contributed by atoms with E-state index in [2.05, 4.69) is 15.3 Å². The average Bonchev–Trinajstić information content (AvgIpc) is 3.35. The first-order valence-corrected chi connectivity index (χ1v) is 9.22. The minimum Gasteiger partial charge on any atom is -0.338 e. The third kappa shape index (κ3) is 3.02. The van der Waals surface area contributed by atoms with Gasteiger partial charge in [0.1, 0.15) is 11.6 Å². The number of aromatic amines is 1. The maximum Gasteiger partial charge on any atom is 0.257 e. The van der Waals surface area contributed by atoms with Gasteiger partial charge in [-0.05, 0) is 29.3 Å². The number of carbonyl (C=O) groups excluding carboxylic acids is 1. The second kappa shape index (κ2) is 6.87. The standard InChI is InChI=1S/C24H16FN3O/c25-17-10-6-9-16(13-17)21(22-18-11-4-5-12-19(18)28-24(22)29)23-26-14-20(27-23)15-7-2-1-3-8-15/h1-14H,(H,26,27)(H,28,29). The van der Waals surface area contributed by atoms with Crippen LogP contribution in [0.25, 0.3) is 22.4 Å². The Morgan fingerprint density at radius 1 is 0.897 bits per heavy atom. The van der Waals surface area contributed by atoms with Crippen LogP contribution in [0.4, 0.5) is 10.1 Å². The highest BCUT2D eigenvalue weighted by atomic mass is 19.1. The van der Waals surface area contributed by atoms with Crippen molar-refractivity contribution in [3.63, 3.8) is 0 Å². The number of anilines is 1. The first-order valence-electron chi connectivity index (χ1n) is 9.22. The van der Waals surface area contributed by atoms with E-state index in [1.54, 1.807) is 18.3 Å². The fourth-order valence-electron chi connectivity index (χ4n) is 3.62. The lowest BCUT2D eigenvalue weighted by molar-refractivity contribution is -0.110. The summed E-state index contributed by atoms with van der Waals surface area (Å²) in [5.74, 6) is -0.0958. The summed E-state index contributed by atoms with van der Waals surface area (Å²) in [5, 5.41) is 2.89. The van der Waals surface area contributed by atoms with Gasteiger partial charge in [0.15, 0.2) is 0 Å². The molecule has 0 bridgehead atoms. The summed E-state index contributed by atoms with van der Waals surface area (Å²) in [7, 11) is 0. The van der Waals surface area contributed by atoms with Gasteiger partial charge in [0.2, 0.25) is 0 Å². The van der Waals surface area contributed by atoms with Crippen LogP contribution in [-0.4, -0.2) is 15.9 Å². The quantitative estimate of drug-likeness (QED) is 0.484. The summed E-state index contributed by atoms with van der Waals surface area (Å²) in [6, 6.07) is 23.5. The Hall–Kier alpha value is -3.99. The lowest BCUT2D eigenvalue weighted by atomic mass is 9.94. The predicted octanol–water partition coefficient (Wildman–Crippen LogP) is 5.13. The van der Waals surface area contributed by atoms with Crippen LogP contribution in [0.3, 0.4) is 0 Å². The molecule has 4 nitrogen and oxygen atoms in total. The number of amides is 1. The topological polar surface area (TPSA) is 57.8 Å². The highest BCUT2D eigenvalue weighted by molar-refractivity contribution is 6.37. The van der Waals surface area contributed by atoms with Gasteiger partial charge in [-0.15, -0.1) is 0 Å². The van der Waals surface area contributed by atoms with E-state index in [-0.39, 0.29) is 11.7 Å². The molecule has 4 aromatic rings. The van der Waals surface area contributed by atoms with Crippen LogP contribution >= 0.6 is 0 Å². The third-order valence-corrected chi connectivity index (χ3v) is 4.93. The van der Waals surface area contributed by atoms with Crippen molar-refractivity contribution in [1.29, 1.82) is 0 Å². The number of nitrogens with one attached hydrogen (secondary N) is 2. The Balaban J connectivity index is 1.76. The Kier molecular flexibility index (Phi) is 4.06. The highest BCUT2D eigenvalue weighted by Crippen LogP contribution is 2.39. The van der Waals surface area contributed by atoms with Gasteiger partial charge in [0, 0.05) is 16.8 Å². The number of rotatable bonds is 3. The molecule has 3 aromatic carbocycles. The number of fused-ring (bicyclic) bond motifs is 1. The van der Waals surface area contributed by atoms with Crippen molar-refractivity contribution in [2.45, 2.75) is 0 Å². The van der Waals surface area contributed by atoms with Gasteiger partial charge in [0.05, 0.1) is 17.5 Å². The Morgan fingerprint density at radius 3 is 2.52 bits per heavy atom. The molecule has 2 heterocycles. The van der Waals surface area contributed by atoms with Gasteiger partial charge in [-0.1, -0.05) is 60.7 Å². The lowest BCUT2D eigenvalue weighted by Gasteiger charge is -2.10. The van der Waals surface area contributed by atoms with E-state index < -0.39 is 0 Å². The zero-order valence-electron chi connectivity index (χ0n) is 15.3. The van der Waals surface area contributed by atoms with E-state index >= 15 is 0 Å². The van der Waals surface area contributed by atoms with E-state index in [1.165, 1.54) is 12.1 Å². The summed E-state index contributed by atoms with van der Waals surface area (Å²) >= 11 is 0. The third-order valence-electron chi connectivity index (χ3n) is 4.93. The molecule has 29 heavy (non-hydrogen) atoms. The van der Waals surface area contributed by atoms with Gasteiger partial charge in [-0.25, -0.2) is 9.37 Å². The molecular formula is C24H16FN3O. The van der Waals surface area contributed by atoms with Crippen LogP contribution in [-0.2, 0) is 4.79 Å². The number of H-pyrrole nitrogens is 1. The van der Waals surface area contributed by atoms with Gasteiger partial charge in [-0.3, -0.25) is 4.79 Å². The molecule has 0 atom stereocenters. The summed E-state index contributed by atoms with van der Waals surface area (Å²) in [5.41, 5.74) is 4.92. The van der Waals surface area contributed by atoms with Crippen molar-refractivity contribution in [3.05, 3.63) is 108 Å². The number of imidazole rings is 1. The molecule has 5 heteroatoms. The van der Waals surface area contributed by atoms with Gasteiger partial charge < -0.3 is 10.3 Å². The summed E-state index contributed by atoms with van der Waals surface area (Å²) < 4.78 is 14.0. The number of halogens is 1. The van der Waals surface area contributed by atoms with Crippen LogP contribution in [0.5, 0.6) is 0 Å². The molecule has 0 fully saturated rings. The molecule has 0 radical (unpaired) electrons. The van der Waals surface area contributed by atoms with Gasteiger partial charge in [-0.2, -0.15) is 0 Å². The highest BCUT2D eigenvalue weighted by Gasteiger charge is 2.29. The van der Waals surface area contributed by atoms with Crippen molar-refractivity contribution in [3.8, 4) is 11.3 Å².